The Morgan fingerprint density at radius 2 is 2.24 bits per heavy atom. The van der Waals surface area contributed by atoms with Gasteiger partial charge in [0, 0.05) is 18.5 Å². The van der Waals surface area contributed by atoms with E-state index < -0.39 is 0 Å². The van der Waals surface area contributed by atoms with Crippen molar-refractivity contribution in [1.29, 1.82) is 0 Å². The van der Waals surface area contributed by atoms with E-state index in [9.17, 15) is 0 Å². The number of hydrogen-bond donors (Lipinski definition) is 1. The largest absolute Gasteiger partial charge is 0.478 e. The Morgan fingerprint density at radius 3 is 3.00 bits per heavy atom. The first kappa shape index (κ1) is 11.3. The Bertz CT molecular complexity index is 462. The molecule has 0 saturated heterocycles. The lowest BCUT2D eigenvalue weighted by molar-refractivity contribution is 0.326. The summed E-state index contributed by atoms with van der Waals surface area (Å²) in [6.45, 7) is 3.03. The molecule has 0 aliphatic heterocycles. The van der Waals surface area contributed by atoms with Crippen LogP contribution in [0.3, 0.4) is 0 Å². The molecule has 2 heterocycles. The van der Waals surface area contributed by atoms with Crippen molar-refractivity contribution in [2.24, 2.45) is 0 Å². The minimum absolute atomic E-state index is 0.515. The molecule has 88 valence electrons. The number of aromatic nitrogens is 4. The smallest absolute Gasteiger partial charge is 0.226 e. The van der Waals surface area contributed by atoms with Gasteiger partial charge in [-0.2, -0.15) is 15.2 Å². The summed E-state index contributed by atoms with van der Waals surface area (Å²) in [5.74, 6) is 1.07. The molecule has 2 rings (SSSR count). The minimum Gasteiger partial charge on any atom is -0.478 e. The van der Waals surface area contributed by atoms with Crippen LogP contribution in [-0.2, 0) is 6.54 Å². The molecule has 0 spiro atoms. The highest BCUT2D eigenvalue weighted by atomic mass is 16.5. The zero-order valence-electron chi connectivity index (χ0n) is 9.50. The molecular formula is C11H13N5O. The fourth-order valence-electron chi connectivity index (χ4n) is 1.25. The van der Waals surface area contributed by atoms with E-state index in [1.807, 2.05) is 19.1 Å². The summed E-state index contributed by atoms with van der Waals surface area (Å²) in [7, 11) is 0. The van der Waals surface area contributed by atoms with E-state index in [1.165, 1.54) is 0 Å². The Labute approximate surface area is 99.1 Å². The lowest BCUT2D eigenvalue weighted by Crippen LogP contribution is -2.06. The predicted molar refractivity (Wildman–Crippen MR) is 62.6 cm³/mol. The molecule has 0 saturated carbocycles. The number of ether oxygens (including phenoxy) is 1. The van der Waals surface area contributed by atoms with E-state index in [4.69, 9.17) is 4.74 Å². The first-order valence-corrected chi connectivity index (χ1v) is 5.35. The third-order valence-corrected chi connectivity index (χ3v) is 1.98. The van der Waals surface area contributed by atoms with E-state index in [2.05, 4.69) is 25.5 Å². The van der Waals surface area contributed by atoms with Crippen LogP contribution < -0.4 is 10.1 Å². The Balaban J connectivity index is 1.97. The summed E-state index contributed by atoms with van der Waals surface area (Å²) >= 11 is 0. The van der Waals surface area contributed by atoms with Gasteiger partial charge in [-0.3, -0.25) is 0 Å². The third kappa shape index (κ3) is 3.37. The van der Waals surface area contributed by atoms with Gasteiger partial charge in [0.05, 0.1) is 18.8 Å². The van der Waals surface area contributed by atoms with Crippen molar-refractivity contribution >= 4 is 5.95 Å². The molecule has 0 bridgehead atoms. The van der Waals surface area contributed by atoms with Crippen molar-refractivity contribution < 1.29 is 4.74 Å². The number of anilines is 1. The molecule has 0 radical (unpaired) electrons. The van der Waals surface area contributed by atoms with Crippen LogP contribution in [0.5, 0.6) is 5.88 Å². The molecule has 6 heteroatoms. The topological polar surface area (TPSA) is 72.8 Å². The Morgan fingerprint density at radius 1 is 1.29 bits per heavy atom. The molecule has 0 unspecified atom stereocenters. The summed E-state index contributed by atoms with van der Waals surface area (Å²) in [5, 5.41) is 10.8. The zero-order chi connectivity index (χ0) is 11.9. The van der Waals surface area contributed by atoms with Gasteiger partial charge < -0.3 is 10.1 Å². The summed E-state index contributed by atoms with van der Waals surface area (Å²) in [6, 6.07) is 5.44. The molecule has 0 fully saturated rings. The molecule has 0 amide bonds. The summed E-state index contributed by atoms with van der Waals surface area (Å²) < 4.78 is 5.28. The zero-order valence-corrected chi connectivity index (χ0v) is 9.50. The summed E-state index contributed by atoms with van der Waals surface area (Å²) in [6.07, 6.45) is 3.28. The molecule has 2 aromatic rings. The van der Waals surface area contributed by atoms with Crippen LogP contribution in [0.25, 0.3) is 0 Å². The van der Waals surface area contributed by atoms with E-state index in [0.29, 0.717) is 25.0 Å². The first-order valence-electron chi connectivity index (χ1n) is 5.35. The highest BCUT2D eigenvalue weighted by Crippen LogP contribution is 2.08. The number of hydrogen-bond acceptors (Lipinski definition) is 6. The third-order valence-electron chi connectivity index (χ3n) is 1.98. The van der Waals surface area contributed by atoms with E-state index in [1.54, 1.807) is 18.5 Å². The van der Waals surface area contributed by atoms with Crippen molar-refractivity contribution in [3.8, 4) is 5.88 Å². The van der Waals surface area contributed by atoms with Gasteiger partial charge in [0.2, 0.25) is 11.8 Å². The molecule has 0 atom stereocenters. The fourth-order valence-corrected chi connectivity index (χ4v) is 1.25. The second-order valence-corrected chi connectivity index (χ2v) is 3.22. The maximum absolute atomic E-state index is 5.28. The van der Waals surface area contributed by atoms with Crippen LogP contribution in [0.4, 0.5) is 5.95 Å². The van der Waals surface area contributed by atoms with Gasteiger partial charge in [-0.05, 0) is 19.1 Å². The SMILES string of the molecule is CCOc1ccnc(NCc2cccnn2)n1. The second-order valence-electron chi connectivity index (χ2n) is 3.22. The maximum atomic E-state index is 5.28. The number of nitrogens with one attached hydrogen (secondary N) is 1. The second kappa shape index (κ2) is 5.74. The van der Waals surface area contributed by atoms with Crippen molar-refractivity contribution in [1.82, 2.24) is 20.2 Å². The first-order chi connectivity index (χ1) is 8.38. The molecule has 17 heavy (non-hydrogen) atoms. The predicted octanol–water partition coefficient (Wildman–Crippen LogP) is 1.28. The van der Waals surface area contributed by atoms with E-state index >= 15 is 0 Å². The lowest BCUT2D eigenvalue weighted by atomic mass is 10.4. The van der Waals surface area contributed by atoms with Gasteiger partial charge in [0.1, 0.15) is 0 Å². The molecule has 1 N–H and O–H groups in total. The van der Waals surface area contributed by atoms with Gasteiger partial charge in [-0.15, -0.1) is 0 Å². The van der Waals surface area contributed by atoms with E-state index in [0.717, 1.165) is 5.69 Å². The maximum Gasteiger partial charge on any atom is 0.226 e. The van der Waals surface area contributed by atoms with Crippen LogP contribution in [-0.4, -0.2) is 26.8 Å². The summed E-state index contributed by atoms with van der Waals surface area (Å²) in [5.41, 5.74) is 0.831. The van der Waals surface area contributed by atoms with Crippen LogP contribution >= 0.6 is 0 Å². The highest BCUT2D eigenvalue weighted by Gasteiger charge is 2.00. The molecule has 0 aliphatic carbocycles. The Kier molecular flexibility index (Phi) is 3.80. The summed E-state index contributed by atoms with van der Waals surface area (Å²) in [4.78, 5) is 8.27. The van der Waals surface area contributed by atoms with Crippen molar-refractivity contribution in [2.45, 2.75) is 13.5 Å². The molecule has 2 aromatic heterocycles. The van der Waals surface area contributed by atoms with Crippen LogP contribution in [0.15, 0.2) is 30.6 Å². The van der Waals surface area contributed by atoms with Crippen molar-refractivity contribution in [3.63, 3.8) is 0 Å². The highest BCUT2D eigenvalue weighted by molar-refractivity contribution is 5.28. The molecule has 0 aliphatic rings. The minimum atomic E-state index is 0.515. The van der Waals surface area contributed by atoms with Gasteiger partial charge in [-0.1, -0.05) is 0 Å². The average molecular weight is 231 g/mol. The Hall–Kier alpha value is -2.24. The molecule has 0 aromatic carbocycles. The number of rotatable bonds is 5. The number of nitrogens with zero attached hydrogens (tertiary/aromatic N) is 4. The average Bonchev–Trinajstić information content (AvgIpc) is 2.39. The van der Waals surface area contributed by atoms with Crippen molar-refractivity contribution in [2.75, 3.05) is 11.9 Å². The van der Waals surface area contributed by atoms with Gasteiger partial charge in [0.25, 0.3) is 0 Å². The van der Waals surface area contributed by atoms with Crippen LogP contribution in [0, 0.1) is 0 Å². The molecular weight excluding hydrogens is 218 g/mol. The van der Waals surface area contributed by atoms with Crippen molar-refractivity contribution in [3.05, 3.63) is 36.3 Å². The standard InChI is InChI=1S/C11H13N5O/c1-2-17-10-5-7-12-11(15-10)13-8-9-4-3-6-14-16-9/h3-7H,2,8H2,1H3,(H,12,13,15). The van der Waals surface area contributed by atoms with Crippen LogP contribution in [0.1, 0.15) is 12.6 Å². The lowest BCUT2D eigenvalue weighted by Gasteiger charge is -2.05. The van der Waals surface area contributed by atoms with Crippen LogP contribution in [0.2, 0.25) is 0 Å². The quantitative estimate of drug-likeness (QED) is 0.835. The fraction of sp³-hybridized carbons (Fsp3) is 0.273. The van der Waals surface area contributed by atoms with E-state index in [-0.39, 0.29) is 0 Å². The monoisotopic (exact) mass is 231 g/mol. The van der Waals surface area contributed by atoms with Gasteiger partial charge in [-0.25, -0.2) is 4.98 Å². The van der Waals surface area contributed by atoms with Gasteiger partial charge >= 0.3 is 0 Å². The normalized spacial score (nSPS) is 9.94. The molecule has 6 nitrogen and oxygen atoms in total. The van der Waals surface area contributed by atoms with Gasteiger partial charge in [0.15, 0.2) is 0 Å².